The van der Waals surface area contributed by atoms with Crippen molar-refractivity contribution < 1.29 is 4.79 Å². The van der Waals surface area contributed by atoms with E-state index in [0.29, 0.717) is 29.7 Å². The molecule has 3 rings (SSSR count). The van der Waals surface area contributed by atoms with E-state index in [1.807, 2.05) is 55.6 Å². The molecule has 3 aromatic rings. The summed E-state index contributed by atoms with van der Waals surface area (Å²) in [4.78, 5) is 29.8. The number of H-pyrrole nitrogens is 1. The highest BCUT2D eigenvalue weighted by Gasteiger charge is 2.09. The number of carbonyl (C=O) groups excluding carboxylic acids is 1. The van der Waals surface area contributed by atoms with Crippen LogP contribution in [0, 0.1) is 4.77 Å². The predicted molar refractivity (Wildman–Crippen MR) is 115 cm³/mol. The fourth-order valence-corrected chi connectivity index (χ4v) is 3.55. The standard InChI is InChI=1S/C22H25N3O2S/c1-24(16-17-10-4-2-5-11-17)20(26)14-6-3-9-15-25-21(27)18-12-7-8-13-19(18)23-22(25)28/h2,4-5,7-8,10-13H,3,6,9,14-16H2,1H3,(H,23,28). The number of hydrogen-bond donors (Lipinski definition) is 1. The number of benzene rings is 2. The molecule has 0 saturated heterocycles. The quantitative estimate of drug-likeness (QED) is 0.457. The number of aromatic nitrogens is 2. The van der Waals surface area contributed by atoms with E-state index in [-0.39, 0.29) is 11.5 Å². The molecule has 0 bridgehead atoms. The van der Waals surface area contributed by atoms with Crippen molar-refractivity contribution in [2.75, 3.05) is 7.05 Å². The number of amides is 1. The van der Waals surface area contributed by atoms with Crippen LogP contribution in [-0.4, -0.2) is 27.4 Å². The second-order valence-electron chi connectivity index (χ2n) is 6.98. The zero-order chi connectivity index (χ0) is 19.9. The lowest BCUT2D eigenvalue weighted by Crippen LogP contribution is -2.26. The minimum atomic E-state index is -0.0574. The van der Waals surface area contributed by atoms with Crippen molar-refractivity contribution in [2.24, 2.45) is 0 Å². The van der Waals surface area contributed by atoms with Crippen LogP contribution in [0.2, 0.25) is 0 Å². The molecule has 6 heteroatoms. The summed E-state index contributed by atoms with van der Waals surface area (Å²) in [6.07, 6.45) is 3.00. The van der Waals surface area contributed by atoms with Crippen LogP contribution in [-0.2, 0) is 17.9 Å². The normalized spacial score (nSPS) is 10.9. The first kappa shape index (κ1) is 20.0. The third-order valence-corrected chi connectivity index (χ3v) is 5.17. The number of fused-ring (bicyclic) bond motifs is 1. The number of hydrogen-bond acceptors (Lipinski definition) is 3. The van der Waals surface area contributed by atoms with Crippen molar-refractivity contribution >= 4 is 29.0 Å². The second-order valence-corrected chi connectivity index (χ2v) is 7.37. The lowest BCUT2D eigenvalue weighted by atomic mass is 10.1. The van der Waals surface area contributed by atoms with Crippen LogP contribution >= 0.6 is 12.2 Å². The molecular formula is C22H25N3O2S. The minimum absolute atomic E-state index is 0.0574. The number of rotatable bonds is 8. The molecule has 2 aromatic carbocycles. The third kappa shape index (κ3) is 4.95. The van der Waals surface area contributed by atoms with Gasteiger partial charge in [0.1, 0.15) is 0 Å². The molecule has 0 aliphatic carbocycles. The van der Waals surface area contributed by atoms with Gasteiger partial charge in [-0.05, 0) is 42.8 Å². The molecule has 0 fully saturated rings. The van der Waals surface area contributed by atoms with Crippen LogP contribution in [0.4, 0.5) is 0 Å². The molecule has 0 unspecified atom stereocenters. The topological polar surface area (TPSA) is 58.1 Å². The number of nitrogens with one attached hydrogen (secondary N) is 1. The Balaban J connectivity index is 1.47. The monoisotopic (exact) mass is 395 g/mol. The van der Waals surface area contributed by atoms with Crippen LogP contribution in [0.5, 0.6) is 0 Å². The maximum absolute atomic E-state index is 12.6. The van der Waals surface area contributed by atoms with Crippen LogP contribution in [0.25, 0.3) is 10.9 Å². The van der Waals surface area contributed by atoms with Gasteiger partial charge < -0.3 is 9.88 Å². The summed E-state index contributed by atoms with van der Waals surface area (Å²) >= 11 is 5.33. The Morgan fingerprint density at radius 2 is 1.75 bits per heavy atom. The van der Waals surface area contributed by atoms with Crippen molar-refractivity contribution in [3.05, 3.63) is 75.3 Å². The SMILES string of the molecule is CN(Cc1ccccc1)C(=O)CCCCCn1c(=S)[nH]c2ccccc2c1=O. The van der Waals surface area contributed by atoms with E-state index in [9.17, 15) is 9.59 Å². The van der Waals surface area contributed by atoms with Gasteiger partial charge in [0.25, 0.3) is 5.56 Å². The predicted octanol–water partition coefficient (Wildman–Crippen LogP) is 4.28. The number of aromatic amines is 1. The highest BCUT2D eigenvalue weighted by Crippen LogP contribution is 2.09. The maximum atomic E-state index is 12.6. The Kier molecular flexibility index (Phi) is 6.76. The molecule has 0 spiro atoms. The van der Waals surface area contributed by atoms with Crippen LogP contribution in [0.1, 0.15) is 31.2 Å². The first-order valence-corrected chi connectivity index (χ1v) is 9.97. The summed E-state index contributed by atoms with van der Waals surface area (Å²) in [6, 6.07) is 17.4. The Labute approximate surface area is 169 Å². The average molecular weight is 396 g/mol. The van der Waals surface area contributed by atoms with Gasteiger partial charge in [-0.15, -0.1) is 0 Å². The Morgan fingerprint density at radius 1 is 1.04 bits per heavy atom. The highest BCUT2D eigenvalue weighted by atomic mass is 32.1. The molecule has 0 radical (unpaired) electrons. The van der Waals surface area contributed by atoms with Crippen molar-refractivity contribution in [2.45, 2.75) is 38.8 Å². The number of unbranched alkanes of at least 4 members (excludes halogenated alkanes) is 2. The van der Waals surface area contributed by atoms with Crippen molar-refractivity contribution in [1.82, 2.24) is 14.5 Å². The highest BCUT2D eigenvalue weighted by molar-refractivity contribution is 7.71. The third-order valence-electron chi connectivity index (χ3n) is 4.85. The van der Waals surface area contributed by atoms with E-state index in [0.717, 1.165) is 30.3 Å². The Morgan fingerprint density at radius 3 is 2.54 bits per heavy atom. The summed E-state index contributed by atoms with van der Waals surface area (Å²) in [5.41, 5.74) is 1.84. The van der Waals surface area contributed by atoms with Crippen molar-refractivity contribution in [3.8, 4) is 0 Å². The van der Waals surface area contributed by atoms with E-state index in [1.165, 1.54) is 0 Å². The van der Waals surface area contributed by atoms with Crippen LogP contribution in [0.3, 0.4) is 0 Å². The molecule has 0 aliphatic rings. The Hall–Kier alpha value is -2.73. The molecule has 5 nitrogen and oxygen atoms in total. The van der Waals surface area contributed by atoms with Gasteiger partial charge in [0.15, 0.2) is 4.77 Å². The number of nitrogens with zero attached hydrogens (tertiary/aromatic N) is 2. The summed E-state index contributed by atoms with van der Waals surface area (Å²) in [5, 5.41) is 0.647. The molecule has 0 saturated carbocycles. The molecule has 146 valence electrons. The molecule has 1 heterocycles. The van der Waals surface area contributed by atoms with Gasteiger partial charge in [-0.1, -0.05) is 48.9 Å². The fourth-order valence-electron chi connectivity index (χ4n) is 3.26. The van der Waals surface area contributed by atoms with Gasteiger partial charge in [-0.3, -0.25) is 14.2 Å². The van der Waals surface area contributed by atoms with Gasteiger partial charge in [0.2, 0.25) is 5.91 Å². The van der Waals surface area contributed by atoms with Gasteiger partial charge in [-0.2, -0.15) is 0 Å². The maximum Gasteiger partial charge on any atom is 0.262 e. The minimum Gasteiger partial charge on any atom is -0.341 e. The zero-order valence-corrected chi connectivity index (χ0v) is 16.9. The van der Waals surface area contributed by atoms with E-state index in [1.54, 1.807) is 15.5 Å². The summed E-state index contributed by atoms with van der Waals surface area (Å²) < 4.78 is 2.06. The van der Waals surface area contributed by atoms with Crippen LogP contribution < -0.4 is 5.56 Å². The molecule has 0 atom stereocenters. The van der Waals surface area contributed by atoms with Gasteiger partial charge >= 0.3 is 0 Å². The molecular weight excluding hydrogens is 370 g/mol. The van der Waals surface area contributed by atoms with Gasteiger partial charge in [0.05, 0.1) is 10.9 Å². The van der Waals surface area contributed by atoms with E-state index < -0.39 is 0 Å². The van der Waals surface area contributed by atoms with Crippen LogP contribution in [0.15, 0.2) is 59.4 Å². The molecule has 1 N–H and O–H groups in total. The van der Waals surface area contributed by atoms with Gasteiger partial charge in [0, 0.05) is 26.6 Å². The lowest BCUT2D eigenvalue weighted by molar-refractivity contribution is -0.130. The number of para-hydroxylation sites is 1. The van der Waals surface area contributed by atoms with Crippen molar-refractivity contribution in [3.63, 3.8) is 0 Å². The molecule has 0 aliphatic heterocycles. The van der Waals surface area contributed by atoms with E-state index in [2.05, 4.69) is 4.98 Å². The second kappa shape index (κ2) is 9.46. The van der Waals surface area contributed by atoms with Crippen molar-refractivity contribution in [1.29, 1.82) is 0 Å². The number of carbonyl (C=O) groups is 1. The summed E-state index contributed by atoms with van der Waals surface area (Å²) in [7, 11) is 1.84. The average Bonchev–Trinajstić information content (AvgIpc) is 2.70. The summed E-state index contributed by atoms with van der Waals surface area (Å²) in [5.74, 6) is 0.143. The lowest BCUT2D eigenvalue weighted by Gasteiger charge is -2.17. The molecule has 28 heavy (non-hydrogen) atoms. The smallest absolute Gasteiger partial charge is 0.262 e. The summed E-state index contributed by atoms with van der Waals surface area (Å²) in [6.45, 7) is 1.19. The molecule has 1 amide bonds. The van der Waals surface area contributed by atoms with E-state index >= 15 is 0 Å². The zero-order valence-electron chi connectivity index (χ0n) is 16.1. The van der Waals surface area contributed by atoms with E-state index in [4.69, 9.17) is 12.2 Å². The van der Waals surface area contributed by atoms with Gasteiger partial charge in [-0.25, -0.2) is 0 Å². The first-order valence-electron chi connectivity index (χ1n) is 9.56. The Bertz CT molecular complexity index is 1060. The fraction of sp³-hybridized carbons (Fsp3) is 0.318. The first-order chi connectivity index (χ1) is 13.6. The largest absolute Gasteiger partial charge is 0.341 e. The molecule has 1 aromatic heterocycles.